The average Bonchev–Trinajstić information content (AvgIpc) is 3.44. The standard InChI is InChI=1S/C22H20ClF3N4O2/c23-17-16(22(24,25)26)7-11-27-18(17)20(31)29-19(21(32)8-1-2-9-21)14-5-3-6-15(13-14)30-12-4-10-28-30/h3-7,10-13,19,32H,1-2,8-9H2,(H,29,31). The molecule has 1 fully saturated rings. The van der Waals surface area contributed by atoms with Gasteiger partial charge in [-0.15, -0.1) is 0 Å². The van der Waals surface area contributed by atoms with Gasteiger partial charge in [-0.2, -0.15) is 18.3 Å². The van der Waals surface area contributed by atoms with E-state index in [1.807, 2.05) is 6.07 Å². The minimum Gasteiger partial charge on any atom is -0.387 e. The topological polar surface area (TPSA) is 80.0 Å². The summed E-state index contributed by atoms with van der Waals surface area (Å²) in [6.45, 7) is 0. The van der Waals surface area contributed by atoms with E-state index in [1.165, 1.54) is 0 Å². The second kappa shape index (κ2) is 8.55. The van der Waals surface area contributed by atoms with Gasteiger partial charge < -0.3 is 10.4 Å². The number of carbonyl (C=O) groups is 1. The number of aliphatic hydroxyl groups is 1. The summed E-state index contributed by atoms with van der Waals surface area (Å²) in [5.74, 6) is -0.893. The Morgan fingerprint density at radius 3 is 2.59 bits per heavy atom. The predicted octanol–water partition coefficient (Wildman–Crippen LogP) is 4.72. The van der Waals surface area contributed by atoms with Crippen molar-refractivity contribution in [2.75, 3.05) is 0 Å². The van der Waals surface area contributed by atoms with Crippen LogP contribution in [-0.2, 0) is 6.18 Å². The molecule has 0 radical (unpaired) electrons. The monoisotopic (exact) mass is 464 g/mol. The van der Waals surface area contributed by atoms with Crippen LogP contribution in [0.2, 0.25) is 5.02 Å². The molecular weight excluding hydrogens is 445 g/mol. The number of nitrogens with one attached hydrogen (secondary N) is 1. The summed E-state index contributed by atoms with van der Waals surface area (Å²) in [7, 11) is 0. The van der Waals surface area contributed by atoms with Gasteiger partial charge in [-0.1, -0.05) is 36.6 Å². The predicted molar refractivity (Wildman–Crippen MR) is 111 cm³/mol. The molecular formula is C22H20ClF3N4O2. The van der Waals surface area contributed by atoms with Crippen molar-refractivity contribution in [3.05, 3.63) is 76.8 Å². The van der Waals surface area contributed by atoms with Crippen molar-refractivity contribution in [2.45, 2.75) is 43.5 Å². The number of hydrogen-bond donors (Lipinski definition) is 2. The first kappa shape index (κ1) is 22.3. The molecule has 0 spiro atoms. The number of amides is 1. The molecule has 3 aromatic rings. The number of alkyl halides is 3. The third kappa shape index (κ3) is 4.35. The van der Waals surface area contributed by atoms with Gasteiger partial charge in [0.1, 0.15) is 5.69 Å². The third-order valence-corrected chi connectivity index (χ3v) is 6.05. The quantitative estimate of drug-likeness (QED) is 0.573. The molecule has 2 heterocycles. The largest absolute Gasteiger partial charge is 0.417 e. The van der Waals surface area contributed by atoms with Crippen LogP contribution in [0.1, 0.15) is 53.3 Å². The minimum absolute atomic E-state index is 0.438. The van der Waals surface area contributed by atoms with Crippen LogP contribution in [0, 0.1) is 0 Å². The second-order valence-electron chi connectivity index (χ2n) is 7.78. The number of hydrogen-bond acceptors (Lipinski definition) is 4. The highest BCUT2D eigenvalue weighted by atomic mass is 35.5. The van der Waals surface area contributed by atoms with Gasteiger partial charge in [-0.05, 0) is 42.7 Å². The van der Waals surface area contributed by atoms with Crippen LogP contribution < -0.4 is 5.32 Å². The molecule has 1 aliphatic rings. The molecule has 6 nitrogen and oxygen atoms in total. The zero-order valence-corrected chi connectivity index (χ0v) is 17.6. The Morgan fingerprint density at radius 1 is 1.19 bits per heavy atom. The lowest BCUT2D eigenvalue weighted by Crippen LogP contribution is -2.44. The number of halogens is 4. The Hall–Kier alpha value is -2.91. The molecule has 32 heavy (non-hydrogen) atoms. The fourth-order valence-electron chi connectivity index (χ4n) is 4.09. The third-order valence-electron chi connectivity index (χ3n) is 5.66. The Balaban J connectivity index is 1.71. The molecule has 1 amide bonds. The van der Waals surface area contributed by atoms with E-state index in [-0.39, 0.29) is 0 Å². The summed E-state index contributed by atoms with van der Waals surface area (Å²) < 4.78 is 41.3. The molecule has 1 saturated carbocycles. The number of benzene rings is 1. The van der Waals surface area contributed by atoms with Crippen molar-refractivity contribution in [3.8, 4) is 5.69 Å². The number of aromatic nitrogens is 3. The maximum absolute atomic E-state index is 13.2. The molecule has 10 heteroatoms. The Kier molecular flexibility index (Phi) is 5.96. The van der Waals surface area contributed by atoms with E-state index in [0.717, 1.165) is 19.0 Å². The van der Waals surface area contributed by atoms with Crippen LogP contribution in [0.3, 0.4) is 0 Å². The fraction of sp³-hybridized carbons (Fsp3) is 0.318. The van der Waals surface area contributed by atoms with Crippen molar-refractivity contribution < 1.29 is 23.1 Å². The second-order valence-corrected chi connectivity index (χ2v) is 8.16. The van der Waals surface area contributed by atoms with E-state index in [9.17, 15) is 23.1 Å². The lowest BCUT2D eigenvalue weighted by Gasteiger charge is -2.34. The highest BCUT2D eigenvalue weighted by Crippen LogP contribution is 2.41. The minimum atomic E-state index is -4.73. The van der Waals surface area contributed by atoms with Crippen molar-refractivity contribution in [1.82, 2.24) is 20.1 Å². The van der Waals surface area contributed by atoms with Gasteiger partial charge >= 0.3 is 6.18 Å². The van der Waals surface area contributed by atoms with Crippen LogP contribution in [0.5, 0.6) is 0 Å². The molecule has 0 aliphatic heterocycles. The van der Waals surface area contributed by atoms with Gasteiger partial charge in [0.15, 0.2) is 0 Å². The normalized spacial score (nSPS) is 16.7. The van der Waals surface area contributed by atoms with Gasteiger partial charge in [0.2, 0.25) is 0 Å². The van der Waals surface area contributed by atoms with Crippen LogP contribution in [0.25, 0.3) is 5.69 Å². The number of rotatable bonds is 5. The van der Waals surface area contributed by atoms with E-state index < -0.39 is 40.0 Å². The first-order valence-electron chi connectivity index (χ1n) is 10.0. The van der Waals surface area contributed by atoms with E-state index in [0.29, 0.717) is 30.2 Å². The maximum Gasteiger partial charge on any atom is 0.417 e. The van der Waals surface area contributed by atoms with Gasteiger partial charge in [-0.3, -0.25) is 4.79 Å². The first-order chi connectivity index (χ1) is 15.2. The number of pyridine rings is 1. The molecule has 2 aromatic heterocycles. The fourth-order valence-corrected chi connectivity index (χ4v) is 4.40. The molecule has 2 N–H and O–H groups in total. The molecule has 1 unspecified atom stereocenters. The lowest BCUT2D eigenvalue weighted by atomic mass is 9.86. The zero-order valence-electron chi connectivity index (χ0n) is 16.8. The van der Waals surface area contributed by atoms with Crippen molar-refractivity contribution in [3.63, 3.8) is 0 Å². The van der Waals surface area contributed by atoms with E-state index in [1.54, 1.807) is 41.3 Å². The highest BCUT2D eigenvalue weighted by Gasteiger charge is 2.42. The van der Waals surface area contributed by atoms with Gasteiger partial charge in [0, 0.05) is 18.6 Å². The Labute approximate surface area is 187 Å². The van der Waals surface area contributed by atoms with E-state index in [2.05, 4.69) is 15.4 Å². The Morgan fingerprint density at radius 2 is 1.94 bits per heavy atom. The van der Waals surface area contributed by atoms with Crippen molar-refractivity contribution >= 4 is 17.5 Å². The van der Waals surface area contributed by atoms with Crippen molar-refractivity contribution in [2.24, 2.45) is 0 Å². The summed E-state index contributed by atoms with van der Waals surface area (Å²) in [4.78, 5) is 16.8. The van der Waals surface area contributed by atoms with Gasteiger partial charge in [0.05, 0.1) is 27.9 Å². The Bertz CT molecular complexity index is 1110. The summed E-state index contributed by atoms with van der Waals surface area (Å²) in [6, 6.07) is 8.70. The van der Waals surface area contributed by atoms with Crippen LogP contribution in [0.15, 0.2) is 55.0 Å². The van der Waals surface area contributed by atoms with Gasteiger partial charge in [-0.25, -0.2) is 9.67 Å². The summed E-state index contributed by atoms with van der Waals surface area (Å²) in [5.41, 5.74) is -1.64. The van der Waals surface area contributed by atoms with Crippen LogP contribution in [0.4, 0.5) is 13.2 Å². The SMILES string of the molecule is O=C(NC(c1cccc(-n2cccn2)c1)C1(O)CCCC1)c1nccc(C(F)(F)F)c1Cl. The molecule has 0 bridgehead atoms. The summed E-state index contributed by atoms with van der Waals surface area (Å²) >= 11 is 5.89. The van der Waals surface area contributed by atoms with E-state index >= 15 is 0 Å². The molecule has 1 aliphatic carbocycles. The summed E-state index contributed by atoms with van der Waals surface area (Å²) in [5, 5.41) is 17.4. The van der Waals surface area contributed by atoms with Crippen LogP contribution in [-0.4, -0.2) is 31.4 Å². The molecule has 4 rings (SSSR count). The molecule has 0 saturated heterocycles. The molecule has 1 aromatic carbocycles. The number of nitrogens with zero attached hydrogens (tertiary/aromatic N) is 3. The van der Waals surface area contributed by atoms with Gasteiger partial charge in [0.25, 0.3) is 5.91 Å². The molecule has 168 valence electrons. The molecule has 1 atom stereocenters. The maximum atomic E-state index is 13.2. The first-order valence-corrected chi connectivity index (χ1v) is 10.4. The zero-order chi connectivity index (χ0) is 22.9. The van der Waals surface area contributed by atoms with E-state index in [4.69, 9.17) is 11.6 Å². The van der Waals surface area contributed by atoms with Crippen molar-refractivity contribution in [1.29, 1.82) is 0 Å². The summed E-state index contributed by atoms with van der Waals surface area (Å²) in [6.07, 6.45) is 1.95. The highest BCUT2D eigenvalue weighted by molar-refractivity contribution is 6.34. The van der Waals surface area contributed by atoms with Crippen LogP contribution >= 0.6 is 11.6 Å². The average molecular weight is 465 g/mol. The lowest BCUT2D eigenvalue weighted by molar-refractivity contribution is -0.137. The number of carbonyl (C=O) groups excluding carboxylic acids is 1. The smallest absolute Gasteiger partial charge is 0.387 e.